The van der Waals surface area contributed by atoms with Crippen LogP contribution in [0.2, 0.25) is 0 Å². The van der Waals surface area contributed by atoms with Gasteiger partial charge in [0.2, 0.25) is 5.91 Å². The third-order valence-corrected chi connectivity index (χ3v) is 7.98. The predicted molar refractivity (Wildman–Crippen MR) is 149 cm³/mol. The summed E-state index contributed by atoms with van der Waals surface area (Å²) in [7, 11) is 1.38. The fourth-order valence-electron chi connectivity index (χ4n) is 5.49. The first-order valence-electron chi connectivity index (χ1n) is 13.4. The average Bonchev–Trinajstić information content (AvgIpc) is 2.91. The lowest BCUT2D eigenvalue weighted by Gasteiger charge is -2.40. The third-order valence-electron chi connectivity index (χ3n) is 7.61. The third kappa shape index (κ3) is 7.04. The number of methoxy groups -OCH3 is 1. The highest BCUT2D eigenvalue weighted by Crippen LogP contribution is 2.36. The lowest BCUT2D eigenvalue weighted by Crippen LogP contribution is -2.51. The van der Waals surface area contributed by atoms with Crippen LogP contribution >= 0.6 is 11.6 Å². The molecule has 0 saturated carbocycles. The largest absolute Gasteiger partial charge is 0.469 e. The number of halogens is 1. The van der Waals surface area contributed by atoms with Gasteiger partial charge in [0, 0.05) is 24.7 Å². The van der Waals surface area contributed by atoms with Crippen molar-refractivity contribution in [3.8, 4) is 0 Å². The Hall–Kier alpha value is -2.67. The number of ether oxygens (including phenoxy) is 3. The number of amides is 1. The molecule has 1 saturated heterocycles. The summed E-state index contributed by atoms with van der Waals surface area (Å²) in [4.78, 5) is 25.9. The van der Waals surface area contributed by atoms with E-state index in [1.165, 1.54) is 18.2 Å². The topological polar surface area (TPSA) is 73.9 Å². The summed E-state index contributed by atoms with van der Waals surface area (Å²) in [5, 5.41) is 4.14. The van der Waals surface area contributed by atoms with E-state index in [0.29, 0.717) is 50.5 Å². The van der Waals surface area contributed by atoms with Crippen LogP contribution in [0, 0.1) is 19.8 Å². The molecule has 1 amide bonds. The first kappa shape index (κ1) is 28.3. The lowest BCUT2D eigenvalue weighted by atomic mass is 9.79. The fourth-order valence-corrected chi connectivity index (χ4v) is 5.72. The molecule has 3 aliphatic rings. The molecule has 1 N–H and O–H groups in total. The van der Waals surface area contributed by atoms with E-state index in [1.807, 2.05) is 30.4 Å². The monoisotopic (exact) mass is 539 g/mol. The van der Waals surface area contributed by atoms with Crippen LogP contribution in [0.5, 0.6) is 0 Å². The van der Waals surface area contributed by atoms with E-state index in [-0.39, 0.29) is 24.4 Å². The smallest absolute Gasteiger partial charge is 0.305 e. The second kappa shape index (κ2) is 12.9. The van der Waals surface area contributed by atoms with Gasteiger partial charge in [0.15, 0.2) is 0 Å². The van der Waals surface area contributed by atoms with Crippen molar-refractivity contribution in [3.05, 3.63) is 81.4 Å². The van der Waals surface area contributed by atoms with Gasteiger partial charge in [-0.1, -0.05) is 70.8 Å². The summed E-state index contributed by atoms with van der Waals surface area (Å²) in [6.07, 6.45) is 13.0. The second-order valence-electron chi connectivity index (χ2n) is 10.5. The van der Waals surface area contributed by atoms with Crippen LogP contribution in [0.25, 0.3) is 0 Å². The molecule has 1 aromatic rings. The van der Waals surface area contributed by atoms with E-state index in [2.05, 4.69) is 37.4 Å². The number of carbonyl (C=O) groups excluding carboxylic acids is 2. The number of esters is 1. The van der Waals surface area contributed by atoms with Gasteiger partial charge in [-0.15, -0.1) is 0 Å². The van der Waals surface area contributed by atoms with Crippen molar-refractivity contribution in [2.75, 3.05) is 26.9 Å². The summed E-state index contributed by atoms with van der Waals surface area (Å²) >= 11 is 6.33. The van der Waals surface area contributed by atoms with Gasteiger partial charge in [0.05, 0.1) is 31.3 Å². The number of hydrogen-bond donors (Lipinski definition) is 1. The maximum Gasteiger partial charge on any atom is 0.305 e. The molecule has 0 spiro atoms. The molecule has 1 heterocycles. The van der Waals surface area contributed by atoms with Crippen LogP contribution < -0.4 is 5.32 Å². The maximum absolute atomic E-state index is 14.0. The van der Waals surface area contributed by atoms with Crippen molar-refractivity contribution in [2.24, 2.45) is 5.92 Å². The summed E-state index contributed by atoms with van der Waals surface area (Å²) in [5.41, 5.74) is 4.92. The van der Waals surface area contributed by atoms with Gasteiger partial charge in [-0.2, -0.15) is 0 Å². The number of aryl methyl sites for hydroxylation is 2. The Morgan fingerprint density at radius 3 is 2.53 bits per heavy atom. The Bertz CT molecular complexity index is 1140. The van der Waals surface area contributed by atoms with Crippen LogP contribution in [-0.2, 0) is 29.3 Å². The van der Waals surface area contributed by atoms with E-state index >= 15 is 0 Å². The van der Waals surface area contributed by atoms with E-state index in [0.717, 1.165) is 23.1 Å². The molecule has 204 valence electrons. The van der Waals surface area contributed by atoms with Gasteiger partial charge in [0.25, 0.3) is 0 Å². The average molecular weight is 540 g/mol. The van der Waals surface area contributed by atoms with Crippen LogP contribution in [0.4, 0.5) is 0 Å². The highest BCUT2D eigenvalue weighted by molar-refractivity contribution is 6.30. The van der Waals surface area contributed by atoms with Crippen LogP contribution in [0.15, 0.2) is 64.8 Å². The van der Waals surface area contributed by atoms with Crippen molar-refractivity contribution < 1.29 is 23.8 Å². The molecule has 38 heavy (non-hydrogen) atoms. The highest BCUT2D eigenvalue weighted by atomic mass is 35.5. The number of benzene rings is 1. The molecule has 7 heteroatoms. The lowest BCUT2D eigenvalue weighted by molar-refractivity contribution is -0.140. The fraction of sp³-hybridized carbons (Fsp3) is 0.484. The Morgan fingerprint density at radius 2 is 1.84 bits per heavy atom. The number of rotatable bonds is 9. The first-order valence-corrected chi connectivity index (χ1v) is 13.7. The zero-order valence-corrected chi connectivity index (χ0v) is 23.3. The summed E-state index contributed by atoms with van der Waals surface area (Å²) in [6.45, 7) is 5.74. The Balaban J connectivity index is 1.54. The van der Waals surface area contributed by atoms with Crippen molar-refractivity contribution in [2.45, 2.75) is 64.0 Å². The number of nitrogens with one attached hydrogen (secondary N) is 1. The van der Waals surface area contributed by atoms with Gasteiger partial charge < -0.3 is 19.5 Å². The normalized spacial score (nSPS) is 22.7. The molecule has 2 unspecified atom stereocenters. The molecule has 0 radical (unpaired) electrons. The van der Waals surface area contributed by atoms with Crippen LogP contribution in [0.1, 0.15) is 55.2 Å². The standard InChI is InChI=1S/C31H38ClNO5/c1-21-16-22(2)18-25(17-21)31(12-14-37-15-13-31)33-30(35)26-19-23(8-9-24(26)10-11-29(34)36-3)20-38-28-7-5-4-6-27(28)32/h4-6,8-9,16-18,26,28H,7,10-15,19-20H2,1-3H3,(H,33,35). The maximum atomic E-state index is 14.0. The molecular formula is C31H38ClNO5. The summed E-state index contributed by atoms with van der Waals surface area (Å²) < 4.78 is 16.6. The second-order valence-corrected chi connectivity index (χ2v) is 10.9. The minimum absolute atomic E-state index is 0.0358. The molecule has 0 bridgehead atoms. The Kier molecular flexibility index (Phi) is 9.64. The van der Waals surface area contributed by atoms with E-state index in [4.69, 9.17) is 25.8 Å². The molecule has 4 rings (SSSR count). The summed E-state index contributed by atoms with van der Waals surface area (Å²) in [5.74, 6) is -0.719. The van der Waals surface area contributed by atoms with Crippen molar-refractivity contribution in [1.82, 2.24) is 5.32 Å². The predicted octanol–water partition coefficient (Wildman–Crippen LogP) is 5.72. The SMILES string of the molecule is COC(=O)CCC1=CC=C(COC2CC=CC=C2Cl)CC1C(=O)NC1(c2cc(C)cc(C)c2)CCOCC1. The molecular weight excluding hydrogens is 502 g/mol. The number of carbonyl (C=O) groups is 2. The van der Waals surface area contributed by atoms with Crippen molar-refractivity contribution in [3.63, 3.8) is 0 Å². The number of hydrogen-bond acceptors (Lipinski definition) is 5. The molecule has 6 nitrogen and oxygen atoms in total. The molecule has 1 fully saturated rings. The van der Waals surface area contributed by atoms with Crippen molar-refractivity contribution in [1.29, 1.82) is 0 Å². The van der Waals surface area contributed by atoms with Crippen LogP contribution in [-0.4, -0.2) is 44.9 Å². The Morgan fingerprint density at radius 1 is 1.11 bits per heavy atom. The van der Waals surface area contributed by atoms with E-state index < -0.39 is 11.5 Å². The molecule has 1 aromatic carbocycles. The van der Waals surface area contributed by atoms with Gasteiger partial charge in [-0.05, 0) is 63.2 Å². The van der Waals surface area contributed by atoms with Crippen LogP contribution in [0.3, 0.4) is 0 Å². The summed E-state index contributed by atoms with van der Waals surface area (Å²) in [6, 6.07) is 6.48. The number of allylic oxidation sites excluding steroid dienone is 4. The van der Waals surface area contributed by atoms with Crippen molar-refractivity contribution >= 4 is 23.5 Å². The first-order chi connectivity index (χ1) is 18.3. The van der Waals surface area contributed by atoms with Gasteiger partial charge in [-0.3, -0.25) is 9.59 Å². The van der Waals surface area contributed by atoms with Gasteiger partial charge in [0.1, 0.15) is 0 Å². The zero-order chi connectivity index (χ0) is 27.1. The quantitative estimate of drug-likeness (QED) is 0.406. The highest BCUT2D eigenvalue weighted by Gasteiger charge is 2.39. The van der Waals surface area contributed by atoms with Gasteiger partial charge in [-0.25, -0.2) is 0 Å². The van der Waals surface area contributed by atoms with Gasteiger partial charge >= 0.3 is 5.97 Å². The minimum atomic E-state index is -0.496. The molecule has 1 aliphatic heterocycles. The molecule has 2 atom stereocenters. The molecule has 2 aliphatic carbocycles. The molecule has 0 aromatic heterocycles. The Labute approximate surface area is 230 Å². The van der Waals surface area contributed by atoms with E-state index in [9.17, 15) is 9.59 Å². The minimum Gasteiger partial charge on any atom is -0.469 e. The van der Waals surface area contributed by atoms with E-state index in [1.54, 1.807) is 0 Å². The zero-order valence-electron chi connectivity index (χ0n) is 22.6.